The number of carbonyl (C=O) groups is 1. The first-order valence-corrected chi connectivity index (χ1v) is 11.8. The molecule has 10 heteroatoms. The molecule has 0 aromatic heterocycles. The molecule has 1 amide bonds. The normalized spacial score (nSPS) is 14.9. The van der Waals surface area contributed by atoms with Gasteiger partial charge in [0.1, 0.15) is 0 Å². The van der Waals surface area contributed by atoms with E-state index in [2.05, 4.69) is 22.6 Å². The van der Waals surface area contributed by atoms with Crippen LogP contribution in [0.25, 0.3) is 6.08 Å². The van der Waals surface area contributed by atoms with E-state index < -0.39 is 4.92 Å². The second-order valence-electron chi connectivity index (χ2n) is 6.41. The molecule has 0 N–H and O–H groups in total. The third-order valence-corrected chi connectivity index (χ3v) is 6.28. The van der Waals surface area contributed by atoms with E-state index in [1.54, 1.807) is 12.1 Å². The van der Waals surface area contributed by atoms with E-state index in [-0.39, 0.29) is 11.6 Å². The Kier molecular flexibility index (Phi) is 7.89. The van der Waals surface area contributed by atoms with E-state index >= 15 is 0 Å². The molecule has 0 unspecified atom stereocenters. The van der Waals surface area contributed by atoms with Crippen molar-refractivity contribution in [2.75, 3.05) is 18.1 Å². The summed E-state index contributed by atoms with van der Waals surface area (Å²) in [6, 6.07) is 9.60. The van der Waals surface area contributed by atoms with Crippen molar-refractivity contribution in [3.8, 4) is 11.5 Å². The van der Waals surface area contributed by atoms with E-state index in [9.17, 15) is 14.9 Å². The van der Waals surface area contributed by atoms with Crippen molar-refractivity contribution >= 4 is 74.2 Å². The lowest BCUT2D eigenvalue weighted by molar-refractivity contribution is -0.384. The van der Waals surface area contributed by atoms with Gasteiger partial charge in [-0.25, -0.2) is 0 Å². The zero-order valence-electron chi connectivity index (χ0n) is 16.8. The van der Waals surface area contributed by atoms with Crippen LogP contribution in [0.4, 0.5) is 11.4 Å². The summed E-state index contributed by atoms with van der Waals surface area (Å²) in [5.41, 5.74) is 1.04. The Morgan fingerprint density at radius 3 is 2.71 bits per heavy atom. The van der Waals surface area contributed by atoms with Crippen molar-refractivity contribution in [3.63, 3.8) is 0 Å². The fourth-order valence-corrected chi connectivity index (χ4v) is 4.95. The SMILES string of the molecule is CCCOc1c(I)cc(/C=C2/SC(=S)N(c3cccc([N+](=O)[O-])c3)C2=O)cc1OCC. The van der Waals surface area contributed by atoms with Gasteiger partial charge < -0.3 is 9.47 Å². The minimum atomic E-state index is -0.504. The Balaban J connectivity index is 1.94. The van der Waals surface area contributed by atoms with E-state index in [0.29, 0.717) is 39.6 Å². The van der Waals surface area contributed by atoms with Crippen LogP contribution in [0, 0.1) is 13.7 Å². The van der Waals surface area contributed by atoms with Crippen LogP contribution in [-0.4, -0.2) is 28.4 Å². The highest BCUT2D eigenvalue weighted by molar-refractivity contribution is 14.1. The van der Waals surface area contributed by atoms with E-state index in [4.69, 9.17) is 21.7 Å². The van der Waals surface area contributed by atoms with Crippen molar-refractivity contribution in [1.29, 1.82) is 0 Å². The van der Waals surface area contributed by atoms with Gasteiger partial charge in [0, 0.05) is 12.1 Å². The zero-order chi connectivity index (χ0) is 22.5. The Labute approximate surface area is 203 Å². The number of hydrogen-bond acceptors (Lipinski definition) is 7. The van der Waals surface area contributed by atoms with Gasteiger partial charge in [0.05, 0.1) is 32.3 Å². The molecule has 31 heavy (non-hydrogen) atoms. The number of anilines is 1. The molecule has 0 aliphatic carbocycles. The molecule has 7 nitrogen and oxygen atoms in total. The predicted molar refractivity (Wildman–Crippen MR) is 135 cm³/mol. The number of nitrogens with zero attached hydrogens (tertiary/aromatic N) is 2. The number of non-ortho nitro benzene ring substituents is 1. The highest BCUT2D eigenvalue weighted by atomic mass is 127. The number of halogens is 1. The summed E-state index contributed by atoms with van der Waals surface area (Å²) in [6.45, 7) is 4.99. The lowest BCUT2D eigenvalue weighted by Gasteiger charge is -2.15. The number of carbonyl (C=O) groups excluding carboxylic acids is 1. The second kappa shape index (κ2) is 10.4. The maximum absolute atomic E-state index is 13.0. The van der Waals surface area contributed by atoms with Crippen molar-refractivity contribution < 1.29 is 19.2 Å². The Bertz CT molecular complexity index is 1070. The molecule has 3 rings (SSSR count). The van der Waals surface area contributed by atoms with Gasteiger partial charge in [-0.3, -0.25) is 19.8 Å². The number of hydrogen-bond donors (Lipinski definition) is 0. The van der Waals surface area contributed by atoms with Gasteiger partial charge >= 0.3 is 0 Å². The summed E-state index contributed by atoms with van der Waals surface area (Å²) in [4.78, 5) is 25.3. The lowest BCUT2D eigenvalue weighted by Crippen LogP contribution is -2.27. The molecule has 1 aliphatic heterocycles. The van der Waals surface area contributed by atoms with E-state index in [0.717, 1.165) is 27.3 Å². The van der Waals surface area contributed by atoms with Gasteiger partial charge in [-0.05, 0) is 65.8 Å². The lowest BCUT2D eigenvalue weighted by atomic mass is 10.1. The molecule has 0 bridgehead atoms. The highest BCUT2D eigenvalue weighted by Gasteiger charge is 2.34. The number of thioether (sulfide) groups is 1. The standard InChI is InChI=1S/C21H19IN2O5S2/c1-3-8-29-19-16(22)9-13(10-17(19)28-4-2)11-18-20(25)23(21(30)31-18)14-6-5-7-15(12-14)24(26)27/h5-7,9-12H,3-4,8H2,1-2H3/b18-11+. The third-order valence-electron chi connectivity index (χ3n) is 4.17. The topological polar surface area (TPSA) is 81.9 Å². The van der Waals surface area contributed by atoms with Gasteiger partial charge in [-0.2, -0.15) is 0 Å². The zero-order valence-corrected chi connectivity index (χ0v) is 20.6. The Morgan fingerprint density at radius 1 is 1.26 bits per heavy atom. The van der Waals surface area contributed by atoms with Gasteiger partial charge in [0.25, 0.3) is 11.6 Å². The molecular weight excluding hydrogens is 551 g/mol. The molecule has 2 aromatic carbocycles. The summed E-state index contributed by atoms with van der Waals surface area (Å²) in [5, 5.41) is 11.1. The Hall–Kier alpha value is -2.18. The number of thiocarbonyl (C=S) groups is 1. The molecule has 1 fully saturated rings. The van der Waals surface area contributed by atoms with Crippen LogP contribution >= 0.6 is 46.6 Å². The monoisotopic (exact) mass is 570 g/mol. The first-order valence-electron chi connectivity index (χ1n) is 9.47. The van der Waals surface area contributed by atoms with Crippen molar-refractivity contribution in [1.82, 2.24) is 0 Å². The molecular formula is C21H19IN2O5S2. The van der Waals surface area contributed by atoms with E-state index in [1.165, 1.54) is 23.1 Å². The number of benzene rings is 2. The van der Waals surface area contributed by atoms with Gasteiger partial charge in [0.15, 0.2) is 15.8 Å². The summed E-state index contributed by atoms with van der Waals surface area (Å²) >= 11 is 8.71. The Morgan fingerprint density at radius 2 is 2.03 bits per heavy atom. The summed E-state index contributed by atoms with van der Waals surface area (Å²) in [6.07, 6.45) is 2.62. The van der Waals surface area contributed by atoms with Crippen molar-refractivity contribution in [2.24, 2.45) is 0 Å². The number of nitro groups is 1. The van der Waals surface area contributed by atoms with Crippen LogP contribution in [0.15, 0.2) is 41.3 Å². The molecule has 0 spiro atoms. The molecule has 0 atom stereocenters. The molecule has 1 aliphatic rings. The number of amides is 1. The average Bonchev–Trinajstić information content (AvgIpc) is 3.00. The fourth-order valence-electron chi connectivity index (χ4n) is 2.87. The molecule has 1 heterocycles. The molecule has 0 radical (unpaired) electrons. The first-order chi connectivity index (χ1) is 14.8. The smallest absolute Gasteiger partial charge is 0.271 e. The highest BCUT2D eigenvalue weighted by Crippen LogP contribution is 2.39. The number of ether oxygens (including phenoxy) is 2. The minimum absolute atomic E-state index is 0.103. The largest absolute Gasteiger partial charge is 0.490 e. The number of rotatable bonds is 8. The van der Waals surface area contributed by atoms with Crippen molar-refractivity contribution in [2.45, 2.75) is 20.3 Å². The molecule has 2 aromatic rings. The quantitative estimate of drug-likeness (QED) is 0.131. The van der Waals surface area contributed by atoms with Crippen LogP contribution in [0.5, 0.6) is 11.5 Å². The maximum Gasteiger partial charge on any atom is 0.271 e. The van der Waals surface area contributed by atoms with Gasteiger partial charge in [0.2, 0.25) is 0 Å². The van der Waals surface area contributed by atoms with Gasteiger partial charge in [-0.15, -0.1) is 0 Å². The third kappa shape index (κ3) is 5.36. The number of nitro benzene ring substituents is 1. The predicted octanol–water partition coefficient (Wildman–Crippen LogP) is 5.79. The van der Waals surface area contributed by atoms with Gasteiger partial charge in [-0.1, -0.05) is 37.0 Å². The van der Waals surface area contributed by atoms with Crippen LogP contribution < -0.4 is 14.4 Å². The molecule has 1 saturated heterocycles. The average molecular weight is 570 g/mol. The summed E-state index contributed by atoms with van der Waals surface area (Å²) in [5.74, 6) is 0.976. The minimum Gasteiger partial charge on any atom is -0.490 e. The maximum atomic E-state index is 13.0. The summed E-state index contributed by atoms with van der Waals surface area (Å²) < 4.78 is 12.8. The van der Waals surface area contributed by atoms with Crippen LogP contribution in [-0.2, 0) is 4.79 Å². The van der Waals surface area contributed by atoms with E-state index in [1.807, 2.05) is 26.0 Å². The van der Waals surface area contributed by atoms with Crippen molar-refractivity contribution in [3.05, 3.63) is 60.6 Å². The summed E-state index contributed by atoms with van der Waals surface area (Å²) in [7, 11) is 0. The van der Waals surface area contributed by atoms with Crippen LogP contribution in [0.3, 0.4) is 0 Å². The molecule has 162 valence electrons. The second-order valence-corrected chi connectivity index (χ2v) is 9.24. The molecule has 0 saturated carbocycles. The van der Waals surface area contributed by atoms with Crippen LogP contribution in [0.2, 0.25) is 0 Å². The first kappa shape index (κ1) is 23.5. The van der Waals surface area contributed by atoms with Crippen LogP contribution in [0.1, 0.15) is 25.8 Å². The fraction of sp³-hybridized carbons (Fsp3) is 0.238.